The monoisotopic (exact) mass is 353 g/mol. The molecule has 2 aromatic rings. The van der Waals surface area contributed by atoms with E-state index in [0.717, 1.165) is 41.7 Å². The largest absolute Gasteiger partial charge is 0.461 e. The number of ether oxygens (including phenoxy) is 1. The molecule has 1 heterocycles. The second kappa shape index (κ2) is 8.37. The molecule has 1 saturated heterocycles. The van der Waals surface area contributed by atoms with E-state index in [1.54, 1.807) is 0 Å². The van der Waals surface area contributed by atoms with Crippen LogP contribution in [0.4, 0.5) is 5.69 Å². The van der Waals surface area contributed by atoms with E-state index < -0.39 is 0 Å². The molecule has 0 saturated carbocycles. The van der Waals surface area contributed by atoms with Crippen molar-refractivity contribution in [3.63, 3.8) is 0 Å². The van der Waals surface area contributed by atoms with E-state index in [9.17, 15) is 4.79 Å². The number of hydrogen-bond acceptors (Lipinski definition) is 3. The van der Waals surface area contributed by atoms with Gasteiger partial charge >= 0.3 is 5.97 Å². The fourth-order valence-electron chi connectivity index (χ4n) is 3.41. The van der Waals surface area contributed by atoms with Crippen molar-refractivity contribution in [3.05, 3.63) is 66.2 Å². The Morgan fingerprint density at radius 3 is 2.23 bits per heavy atom. The molecule has 26 heavy (non-hydrogen) atoms. The first kappa shape index (κ1) is 18.5. The average Bonchev–Trinajstić information content (AvgIpc) is 2.65. The number of nitrogens with one attached hydrogen (secondary N) is 1. The first-order chi connectivity index (χ1) is 12.5. The first-order valence-corrected chi connectivity index (χ1v) is 9.40. The molecule has 0 bridgehead atoms. The number of carbonyl (C=O) groups is 1. The zero-order chi connectivity index (χ0) is 18.4. The Morgan fingerprint density at radius 2 is 1.62 bits per heavy atom. The van der Waals surface area contributed by atoms with Crippen molar-refractivity contribution in [2.45, 2.75) is 24.9 Å². The summed E-state index contributed by atoms with van der Waals surface area (Å²) in [5.41, 5.74) is 2.01. The number of carbonyl (C=O) groups excluding carboxylic acids is 1. The number of piperidine rings is 1. The van der Waals surface area contributed by atoms with Gasteiger partial charge in [0.15, 0.2) is 0 Å². The van der Waals surface area contributed by atoms with Gasteiger partial charge in [0, 0.05) is 25.1 Å². The number of rotatable bonds is 6. The summed E-state index contributed by atoms with van der Waals surface area (Å²) in [4.78, 5) is 12.9. The number of nitrogens with zero attached hydrogens (tertiary/aromatic N) is 1. The van der Waals surface area contributed by atoms with E-state index >= 15 is 0 Å². The van der Waals surface area contributed by atoms with Crippen molar-refractivity contribution in [1.29, 1.82) is 0 Å². The van der Waals surface area contributed by atoms with Gasteiger partial charge in [0.05, 0.1) is 33.1 Å². The molecule has 0 amide bonds. The number of benzene rings is 2. The lowest BCUT2D eigenvalue weighted by atomic mass is 9.98. The summed E-state index contributed by atoms with van der Waals surface area (Å²) >= 11 is 0. The third kappa shape index (κ3) is 5.09. The molecule has 0 aliphatic carbocycles. The number of esters is 1. The maximum Gasteiger partial charge on any atom is 0.315 e. The molecular formula is C22H29N2O2+. The quantitative estimate of drug-likeness (QED) is 0.636. The van der Waals surface area contributed by atoms with Gasteiger partial charge in [-0.2, -0.15) is 0 Å². The SMILES string of the molecule is C[N+]1(C)CCC(OC(=O)C(CNc2ccccc2)c2ccccc2)CC1. The van der Waals surface area contributed by atoms with Gasteiger partial charge in [0.2, 0.25) is 0 Å². The van der Waals surface area contributed by atoms with E-state index in [2.05, 4.69) is 19.4 Å². The van der Waals surface area contributed by atoms with Crippen LogP contribution < -0.4 is 5.32 Å². The van der Waals surface area contributed by atoms with Gasteiger partial charge < -0.3 is 14.5 Å². The average molecular weight is 353 g/mol. The highest BCUT2D eigenvalue weighted by Crippen LogP contribution is 2.23. The van der Waals surface area contributed by atoms with Gasteiger partial charge in [-0.05, 0) is 17.7 Å². The minimum absolute atomic E-state index is 0.0385. The minimum Gasteiger partial charge on any atom is -0.461 e. The van der Waals surface area contributed by atoms with Crippen LogP contribution in [0.25, 0.3) is 0 Å². The van der Waals surface area contributed by atoms with Crippen LogP contribution in [0.5, 0.6) is 0 Å². The number of hydrogen-bond donors (Lipinski definition) is 1. The maximum absolute atomic E-state index is 12.9. The zero-order valence-electron chi connectivity index (χ0n) is 15.7. The summed E-state index contributed by atoms with van der Waals surface area (Å²) in [5.74, 6) is -0.433. The number of anilines is 1. The van der Waals surface area contributed by atoms with Crippen molar-refractivity contribution in [3.8, 4) is 0 Å². The normalized spacial score (nSPS) is 18.1. The molecule has 0 spiro atoms. The van der Waals surface area contributed by atoms with Crippen molar-refractivity contribution in [2.24, 2.45) is 0 Å². The Balaban J connectivity index is 1.66. The van der Waals surface area contributed by atoms with Gasteiger partial charge in [-0.3, -0.25) is 4.79 Å². The van der Waals surface area contributed by atoms with Gasteiger partial charge in [-0.25, -0.2) is 0 Å². The Bertz CT molecular complexity index is 691. The molecule has 0 radical (unpaired) electrons. The number of quaternary nitrogens is 1. The summed E-state index contributed by atoms with van der Waals surface area (Å²) in [7, 11) is 4.46. The Kier molecular flexibility index (Phi) is 5.94. The van der Waals surface area contributed by atoms with Crippen LogP contribution in [0.3, 0.4) is 0 Å². The summed E-state index contributed by atoms with van der Waals surface area (Å²) in [6.45, 7) is 2.63. The smallest absolute Gasteiger partial charge is 0.315 e. The number of para-hydroxylation sites is 1. The van der Waals surface area contributed by atoms with E-state index in [1.807, 2.05) is 60.7 Å². The van der Waals surface area contributed by atoms with Gasteiger partial charge in [0.1, 0.15) is 6.10 Å². The van der Waals surface area contributed by atoms with E-state index in [4.69, 9.17) is 4.74 Å². The standard InChI is InChI=1S/C22H29N2O2/c1-24(2)15-13-20(14-16-24)26-22(25)21(18-9-5-3-6-10-18)17-23-19-11-7-4-8-12-19/h3-12,20-21,23H,13-17H2,1-2H3/q+1. The van der Waals surface area contributed by atoms with Crippen molar-refractivity contribution >= 4 is 11.7 Å². The predicted octanol–water partition coefficient (Wildman–Crippen LogP) is 3.66. The topological polar surface area (TPSA) is 38.3 Å². The molecule has 1 N–H and O–H groups in total. The third-order valence-corrected chi connectivity index (χ3v) is 5.17. The molecule has 1 aliphatic rings. The molecule has 4 heteroatoms. The van der Waals surface area contributed by atoms with Crippen LogP contribution in [-0.4, -0.2) is 50.3 Å². The number of likely N-dealkylation sites (tertiary alicyclic amines) is 1. The highest BCUT2D eigenvalue weighted by Gasteiger charge is 2.31. The lowest BCUT2D eigenvalue weighted by Gasteiger charge is -2.37. The Hall–Kier alpha value is -2.33. The van der Waals surface area contributed by atoms with Crippen molar-refractivity contribution < 1.29 is 14.0 Å². The van der Waals surface area contributed by atoms with Crippen LogP contribution in [0, 0.1) is 0 Å². The van der Waals surface area contributed by atoms with Crippen molar-refractivity contribution in [2.75, 3.05) is 39.0 Å². The molecule has 1 aliphatic heterocycles. The summed E-state index contributed by atoms with van der Waals surface area (Å²) in [6, 6.07) is 19.9. The highest BCUT2D eigenvalue weighted by atomic mass is 16.5. The van der Waals surface area contributed by atoms with Gasteiger partial charge in [-0.1, -0.05) is 48.5 Å². The second-order valence-corrected chi connectivity index (χ2v) is 7.73. The fourth-order valence-corrected chi connectivity index (χ4v) is 3.41. The molecule has 138 valence electrons. The molecule has 2 aromatic carbocycles. The van der Waals surface area contributed by atoms with E-state index in [0.29, 0.717) is 6.54 Å². The van der Waals surface area contributed by atoms with Crippen LogP contribution in [0.1, 0.15) is 24.3 Å². The van der Waals surface area contributed by atoms with Gasteiger partial charge in [0.25, 0.3) is 0 Å². The highest BCUT2D eigenvalue weighted by molar-refractivity contribution is 5.79. The lowest BCUT2D eigenvalue weighted by molar-refractivity contribution is -0.896. The van der Waals surface area contributed by atoms with Crippen LogP contribution >= 0.6 is 0 Å². The van der Waals surface area contributed by atoms with Crippen LogP contribution in [0.15, 0.2) is 60.7 Å². The summed E-state index contributed by atoms with van der Waals surface area (Å²) in [5, 5.41) is 3.37. The van der Waals surface area contributed by atoms with E-state index in [1.165, 1.54) is 0 Å². The zero-order valence-corrected chi connectivity index (χ0v) is 15.7. The third-order valence-electron chi connectivity index (χ3n) is 5.17. The lowest BCUT2D eigenvalue weighted by Crippen LogP contribution is -2.48. The summed E-state index contributed by atoms with van der Waals surface area (Å²) < 4.78 is 6.91. The Morgan fingerprint density at radius 1 is 1.04 bits per heavy atom. The van der Waals surface area contributed by atoms with Crippen LogP contribution in [-0.2, 0) is 9.53 Å². The molecule has 1 unspecified atom stereocenters. The maximum atomic E-state index is 12.9. The molecular weight excluding hydrogens is 324 g/mol. The minimum atomic E-state index is -0.305. The first-order valence-electron chi connectivity index (χ1n) is 9.40. The van der Waals surface area contributed by atoms with E-state index in [-0.39, 0.29) is 18.0 Å². The fraction of sp³-hybridized carbons (Fsp3) is 0.409. The summed E-state index contributed by atoms with van der Waals surface area (Å²) in [6.07, 6.45) is 1.91. The molecule has 1 atom stereocenters. The van der Waals surface area contributed by atoms with Gasteiger partial charge in [-0.15, -0.1) is 0 Å². The molecule has 0 aromatic heterocycles. The molecule has 1 fully saturated rings. The Labute approximate surface area is 156 Å². The van der Waals surface area contributed by atoms with Crippen LogP contribution in [0.2, 0.25) is 0 Å². The molecule has 3 rings (SSSR count). The van der Waals surface area contributed by atoms with Crippen molar-refractivity contribution in [1.82, 2.24) is 0 Å². The predicted molar refractivity (Wildman–Crippen MR) is 105 cm³/mol. The molecule has 4 nitrogen and oxygen atoms in total. The second-order valence-electron chi connectivity index (χ2n) is 7.73.